The smallest absolute Gasteiger partial charge is 0.177 e. The molecule has 0 radical (unpaired) electrons. The Balaban J connectivity index is 1.73. The first kappa shape index (κ1) is 22.0. The van der Waals surface area contributed by atoms with E-state index >= 15 is 0 Å². The van der Waals surface area contributed by atoms with E-state index in [9.17, 15) is 0 Å². The number of rotatable bonds is 9. The van der Waals surface area contributed by atoms with Crippen LogP contribution in [0.1, 0.15) is 64.9 Å². The first-order chi connectivity index (χ1) is 13.3. The van der Waals surface area contributed by atoms with E-state index in [1.807, 2.05) is 0 Å². The van der Waals surface area contributed by atoms with Crippen molar-refractivity contribution in [2.45, 2.75) is 97.5 Å². The molecule has 1 aromatic rings. The molecule has 4 heteroatoms. The predicted molar refractivity (Wildman–Crippen MR) is 118 cm³/mol. The van der Waals surface area contributed by atoms with Crippen LogP contribution in [0.5, 0.6) is 0 Å². The van der Waals surface area contributed by atoms with Gasteiger partial charge in [-0.15, -0.1) is 0 Å². The zero-order valence-electron chi connectivity index (χ0n) is 18.5. The van der Waals surface area contributed by atoms with Crippen molar-refractivity contribution in [3.05, 3.63) is 35.9 Å². The van der Waals surface area contributed by atoms with Crippen molar-refractivity contribution in [1.29, 1.82) is 0 Å². The fourth-order valence-electron chi connectivity index (χ4n) is 4.69. The van der Waals surface area contributed by atoms with Crippen LogP contribution in [0, 0.1) is 17.3 Å². The third-order valence-corrected chi connectivity index (χ3v) is 7.13. The average molecular weight is 405 g/mol. The van der Waals surface area contributed by atoms with Gasteiger partial charge in [0, 0.05) is 0 Å². The van der Waals surface area contributed by atoms with Gasteiger partial charge in [-0.3, -0.25) is 0 Å². The van der Waals surface area contributed by atoms with Gasteiger partial charge in [-0.2, -0.15) is 0 Å². The van der Waals surface area contributed by atoms with E-state index in [1.165, 1.54) is 44.1 Å². The van der Waals surface area contributed by atoms with Gasteiger partial charge in [-0.05, 0) is 42.3 Å². The van der Waals surface area contributed by atoms with Crippen LogP contribution >= 0.6 is 0 Å². The van der Waals surface area contributed by atoms with E-state index in [1.54, 1.807) is 0 Å². The first-order valence-corrected chi connectivity index (χ1v) is 14.1. The van der Waals surface area contributed by atoms with Gasteiger partial charge in [0.05, 0.1) is 12.7 Å². The second-order valence-corrected chi connectivity index (χ2v) is 12.5. The third kappa shape index (κ3) is 6.41. The summed E-state index contributed by atoms with van der Waals surface area (Å²) in [5.74, 6) is 1.31. The molecule has 0 amide bonds. The molecule has 1 aliphatic heterocycles. The molecule has 3 rings (SSSR count). The van der Waals surface area contributed by atoms with Gasteiger partial charge in [0.15, 0.2) is 15.3 Å². The molecular formula is C24H40O3Si. The van der Waals surface area contributed by atoms with Gasteiger partial charge < -0.3 is 13.9 Å². The van der Waals surface area contributed by atoms with Crippen molar-refractivity contribution in [2.24, 2.45) is 17.3 Å². The van der Waals surface area contributed by atoms with Gasteiger partial charge in [0.1, 0.15) is 6.10 Å². The summed E-state index contributed by atoms with van der Waals surface area (Å²) >= 11 is 0. The Labute approximate surface area is 173 Å². The van der Waals surface area contributed by atoms with Crippen molar-refractivity contribution in [3.63, 3.8) is 0 Å². The number of epoxide rings is 1. The van der Waals surface area contributed by atoms with Crippen LogP contribution < -0.4 is 0 Å². The standard InChI is InChI=1S/C24H40O3Si/c1-24(2,3)20(16-18-12-8-6-9-13-18)21(22-23(26-22)27-28(4)5)25-17-19-14-10-7-11-15-19/h7,10-11,14-15,18,20-23,28H,6,8-9,12-13,16-17H2,1-5H3/t20-,21+,22-,23?/m0/s1. The van der Waals surface area contributed by atoms with Crippen molar-refractivity contribution < 1.29 is 13.9 Å². The SMILES string of the molecule is C[SiH](C)OC1O[C@H]1[C@H](OCc1ccccc1)[C@H](CC1CCCCC1)C(C)(C)C. The molecule has 0 aromatic heterocycles. The predicted octanol–water partition coefficient (Wildman–Crippen LogP) is 5.93. The zero-order valence-corrected chi connectivity index (χ0v) is 19.7. The lowest BCUT2D eigenvalue weighted by molar-refractivity contribution is -0.0586. The topological polar surface area (TPSA) is 31.0 Å². The minimum absolute atomic E-state index is 0.0522. The summed E-state index contributed by atoms with van der Waals surface area (Å²) in [6, 6.07) is 10.5. The monoisotopic (exact) mass is 404 g/mol. The van der Waals surface area contributed by atoms with E-state index in [4.69, 9.17) is 13.9 Å². The molecule has 2 aliphatic rings. The minimum Gasteiger partial charge on any atom is -0.394 e. The maximum atomic E-state index is 6.60. The van der Waals surface area contributed by atoms with E-state index in [-0.39, 0.29) is 23.9 Å². The van der Waals surface area contributed by atoms with Gasteiger partial charge >= 0.3 is 0 Å². The largest absolute Gasteiger partial charge is 0.394 e. The maximum Gasteiger partial charge on any atom is 0.177 e. The van der Waals surface area contributed by atoms with E-state index in [2.05, 4.69) is 64.2 Å². The van der Waals surface area contributed by atoms with Crippen LogP contribution in [-0.2, 0) is 20.5 Å². The lowest BCUT2D eigenvalue weighted by atomic mass is 9.69. The molecule has 1 unspecified atom stereocenters. The fraction of sp³-hybridized carbons (Fsp3) is 0.750. The van der Waals surface area contributed by atoms with Crippen molar-refractivity contribution in [1.82, 2.24) is 0 Å². The van der Waals surface area contributed by atoms with Crippen molar-refractivity contribution in [2.75, 3.05) is 0 Å². The Morgan fingerprint density at radius 3 is 2.36 bits per heavy atom. The highest BCUT2D eigenvalue weighted by Gasteiger charge is 2.52. The number of hydrogen-bond acceptors (Lipinski definition) is 3. The molecule has 2 fully saturated rings. The van der Waals surface area contributed by atoms with Gasteiger partial charge in [-0.25, -0.2) is 0 Å². The fourth-order valence-corrected chi connectivity index (χ4v) is 5.44. The van der Waals surface area contributed by atoms with E-state index in [0.717, 1.165) is 5.92 Å². The van der Waals surface area contributed by atoms with Gasteiger partial charge in [-0.1, -0.05) is 83.2 Å². The highest BCUT2D eigenvalue weighted by molar-refractivity contribution is 6.48. The van der Waals surface area contributed by atoms with Crippen LogP contribution in [0.25, 0.3) is 0 Å². The Hall–Kier alpha value is -0.683. The first-order valence-electron chi connectivity index (χ1n) is 11.3. The lowest BCUT2D eigenvalue weighted by Crippen LogP contribution is -2.40. The molecular weight excluding hydrogens is 364 g/mol. The van der Waals surface area contributed by atoms with Crippen LogP contribution in [0.4, 0.5) is 0 Å². The molecule has 1 aromatic carbocycles. The molecule has 1 aliphatic carbocycles. The highest BCUT2D eigenvalue weighted by atomic mass is 28.3. The molecule has 4 atom stereocenters. The highest BCUT2D eigenvalue weighted by Crippen LogP contribution is 2.44. The number of benzene rings is 1. The van der Waals surface area contributed by atoms with Crippen LogP contribution in [0.15, 0.2) is 30.3 Å². The third-order valence-electron chi connectivity index (χ3n) is 6.32. The summed E-state index contributed by atoms with van der Waals surface area (Å²) < 4.78 is 18.7. The zero-order chi connectivity index (χ0) is 20.1. The van der Waals surface area contributed by atoms with Crippen LogP contribution in [0.2, 0.25) is 13.1 Å². The minimum atomic E-state index is -1.12. The summed E-state index contributed by atoms with van der Waals surface area (Å²) in [7, 11) is -1.12. The molecule has 0 bridgehead atoms. The molecule has 158 valence electrons. The molecule has 1 heterocycles. The summed E-state index contributed by atoms with van der Waals surface area (Å²) in [4.78, 5) is 0. The van der Waals surface area contributed by atoms with E-state index < -0.39 is 9.04 Å². The van der Waals surface area contributed by atoms with E-state index in [0.29, 0.717) is 12.5 Å². The van der Waals surface area contributed by atoms with Crippen molar-refractivity contribution in [3.8, 4) is 0 Å². The second-order valence-electron chi connectivity index (χ2n) is 10.1. The summed E-state index contributed by atoms with van der Waals surface area (Å²) in [5, 5.41) is 0. The molecule has 0 N–H and O–H groups in total. The van der Waals surface area contributed by atoms with Crippen molar-refractivity contribution >= 4 is 9.04 Å². The second kappa shape index (κ2) is 9.88. The summed E-state index contributed by atoms with van der Waals surface area (Å²) in [6.07, 6.45) is 8.32. The lowest BCUT2D eigenvalue weighted by Gasteiger charge is -2.39. The normalized spacial score (nSPS) is 25.6. The Morgan fingerprint density at radius 1 is 1.07 bits per heavy atom. The van der Waals surface area contributed by atoms with Crippen LogP contribution in [0.3, 0.4) is 0 Å². The van der Waals surface area contributed by atoms with Crippen LogP contribution in [-0.4, -0.2) is 27.5 Å². The molecule has 1 saturated carbocycles. The molecule has 1 saturated heterocycles. The molecule has 3 nitrogen and oxygen atoms in total. The summed E-state index contributed by atoms with van der Waals surface area (Å²) in [6.45, 7) is 12.2. The molecule has 28 heavy (non-hydrogen) atoms. The number of ether oxygens (including phenoxy) is 2. The summed E-state index contributed by atoms with van der Waals surface area (Å²) in [5.41, 5.74) is 1.42. The van der Waals surface area contributed by atoms with Gasteiger partial charge in [0.2, 0.25) is 0 Å². The number of hydrogen-bond donors (Lipinski definition) is 0. The van der Waals surface area contributed by atoms with Gasteiger partial charge in [0.25, 0.3) is 0 Å². The Kier molecular flexibility index (Phi) is 7.77. The Bertz CT molecular complexity index is 577. The quantitative estimate of drug-likeness (QED) is 0.377. The maximum absolute atomic E-state index is 6.60. The Morgan fingerprint density at radius 2 is 1.75 bits per heavy atom. The average Bonchev–Trinajstić information content (AvgIpc) is 3.40. The molecule has 0 spiro atoms.